The van der Waals surface area contributed by atoms with Crippen molar-refractivity contribution in [3.8, 4) is 5.88 Å². The molecule has 26 heavy (non-hydrogen) atoms. The van der Waals surface area contributed by atoms with E-state index in [4.69, 9.17) is 0 Å². The third-order valence-electron chi connectivity index (χ3n) is 3.85. The zero-order valence-corrected chi connectivity index (χ0v) is 16.3. The molecule has 0 bridgehead atoms. The van der Waals surface area contributed by atoms with E-state index in [1.165, 1.54) is 12.1 Å². The minimum Gasteiger partial charge on any atom is -0.493 e. The number of aromatic nitrogens is 1. The second-order valence-corrected chi connectivity index (χ2v) is 8.20. The second-order valence-electron chi connectivity index (χ2n) is 5.70. The maximum atomic E-state index is 12.4. The molecule has 0 saturated heterocycles. The molecule has 0 spiro atoms. The van der Waals surface area contributed by atoms with Gasteiger partial charge in [0.05, 0.1) is 10.4 Å². The van der Waals surface area contributed by atoms with E-state index in [1.807, 2.05) is 13.0 Å². The smallest absolute Gasteiger partial charge is 0.299 e. The molecule has 1 aromatic heterocycles. The average Bonchev–Trinajstić information content (AvgIpc) is 2.85. The van der Waals surface area contributed by atoms with Gasteiger partial charge in [-0.25, -0.2) is 0 Å². The first kappa shape index (κ1) is 18.3. The molecule has 6 nitrogen and oxygen atoms in total. The molecule has 3 rings (SSSR count). The van der Waals surface area contributed by atoms with Crippen molar-refractivity contribution in [3.05, 3.63) is 65.2 Å². The van der Waals surface area contributed by atoms with Gasteiger partial charge in [-0.3, -0.25) is 0 Å². The van der Waals surface area contributed by atoms with Crippen LogP contribution >= 0.6 is 15.9 Å². The van der Waals surface area contributed by atoms with Crippen LogP contribution in [-0.4, -0.2) is 18.1 Å². The number of fused-ring (bicyclic) bond motifs is 1. The van der Waals surface area contributed by atoms with Crippen LogP contribution in [0.1, 0.15) is 5.56 Å². The van der Waals surface area contributed by atoms with E-state index in [9.17, 15) is 13.5 Å². The number of aryl methyl sites for hydroxylation is 1. The summed E-state index contributed by atoms with van der Waals surface area (Å²) >= 11 is 3.37. The topological polar surface area (TPSA) is 84.0 Å². The Kier molecular flexibility index (Phi) is 4.97. The fraction of sp³-hybridized carbons (Fsp3) is 0.111. The molecule has 0 fully saturated rings. The van der Waals surface area contributed by atoms with Crippen LogP contribution in [0.25, 0.3) is 10.9 Å². The van der Waals surface area contributed by atoms with Gasteiger partial charge in [0, 0.05) is 16.4 Å². The van der Waals surface area contributed by atoms with Crippen molar-refractivity contribution >= 4 is 42.5 Å². The normalized spacial score (nSPS) is 12.1. The van der Waals surface area contributed by atoms with Crippen LogP contribution in [0.4, 0.5) is 5.69 Å². The minimum absolute atomic E-state index is 0.0438. The summed E-state index contributed by atoms with van der Waals surface area (Å²) in [5.41, 5.74) is 1.74. The lowest BCUT2D eigenvalue weighted by Gasteiger charge is -2.02. The van der Waals surface area contributed by atoms with E-state index in [0.717, 1.165) is 10.0 Å². The van der Waals surface area contributed by atoms with Crippen molar-refractivity contribution in [2.24, 2.45) is 9.63 Å². The molecule has 3 aromatic rings. The van der Waals surface area contributed by atoms with E-state index in [-0.39, 0.29) is 16.5 Å². The van der Waals surface area contributed by atoms with Gasteiger partial charge >= 0.3 is 0 Å². The molecule has 1 heterocycles. The molecule has 8 heteroatoms. The Morgan fingerprint density at radius 3 is 2.58 bits per heavy atom. The zero-order valence-electron chi connectivity index (χ0n) is 13.9. The summed E-state index contributed by atoms with van der Waals surface area (Å²) in [7, 11) is -3.97. The Bertz CT molecular complexity index is 1120. The summed E-state index contributed by atoms with van der Waals surface area (Å²) in [6.45, 7) is 5.89. The van der Waals surface area contributed by atoms with Gasteiger partial charge in [0.25, 0.3) is 10.0 Å². The highest BCUT2D eigenvalue weighted by Gasteiger charge is 2.18. The van der Waals surface area contributed by atoms with E-state index in [1.54, 1.807) is 34.9 Å². The van der Waals surface area contributed by atoms with Crippen LogP contribution < -0.4 is 0 Å². The van der Waals surface area contributed by atoms with Crippen molar-refractivity contribution in [3.63, 3.8) is 0 Å². The Balaban J connectivity index is 2.12. The Morgan fingerprint density at radius 1 is 1.23 bits per heavy atom. The zero-order chi connectivity index (χ0) is 18.9. The summed E-state index contributed by atoms with van der Waals surface area (Å²) in [6, 6.07) is 11.7. The summed E-state index contributed by atoms with van der Waals surface area (Å²) in [5.74, 6) is -0.166. The molecule has 0 aliphatic carbocycles. The molecule has 134 valence electrons. The highest BCUT2D eigenvalue weighted by molar-refractivity contribution is 9.10. The van der Waals surface area contributed by atoms with Gasteiger partial charge in [-0.1, -0.05) is 44.2 Å². The van der Waals surface area contributed by atoms with Crippen molar-refractivity contribution in [1.82, 2.24) is 4.57 Å². The highest BCUT2D eigenvalue weighted by Crippen LogP contribution is 2.40. The average molecular weight is 434 g/mol. The fourth-order valence-electron chi connectivity index (χ4n) is 2.56. The first-order valence-corrected chi connectivity index (χ1v) is 9.93. The van der Waals surface area contributed by atoms with Crippen molar-refractivity contribution in [2.75, 3.05) is 0 Å². The van der Waals surface area contributed by atoms with Gasteiger partial charge in [-0.05, 0) is 37.3 Å². The van der Waals surface area contributed by atoms with Crippen LogP contribution in [-0.2, 0) is 16.6 Å². The van der Waals surface area contributed by atoms with Crippen LogP contribution in [0.15, 0.2) is 74.1 Å². The number of aromatic hydroxyl groups is 1. The molecular formula is C18H16BrN3O3S. The summed E-state index contributed by atoms with van der Waals surface area (Å²) in [4.78, 5) is 0.0438. The predicted molar refractivity (Wildman–Crippen MR) is 104 cm³/mol. The number of nitrogens with zero attached hydrogens (tertiary/aromatic N) is 3. The standard InChI is InChI=1S/C18H16BrN3O3S/c1-3-10-22-16-9-6-13(19)11-15(16)17(18(22)23)20-21-26(24,25)14-7-4-12(2)5-8-14/h3-9,11,23H,1,10H2,2H3. The van der Waals surface area contributed by atoms with Crippen molar-refractivity contribution in [2.45, 2.75) is 18.4 Å². The molecule has 0 amide bonds. The molecule has 0 unspecified atom stereocenters. The molecular weight excluding hydrogens is 418 g/mol. The third kappa shape index (κ3) is 3.42. The third-order valence-corrected chi connectivity index (χ3v) is 5.51. The van der Waals surface area contributed by atoms with Gasteiger partial charge in [0.2, 0.25) is 5.88 Å². The van der Waals surface area contributed by atoms with Crippen LogP contribution in [0, 0.1) is 6.92 Å². The van der Waals surface area contributed by atoms with Crippen molar-refractivity contribution < 1.29 is 13.5 Å². The molecule has 0 aliphatic heterocycles. The van der Waals surface area contributed by atoms with Crippen LogP contribution in [0.2, 0.25) is 0 Å². The molecule has 0 atom stereocenters. The van der Waals surface area contributed by atoms with Gasteiger partial charge in [-0.15, -0.1) is 11.7 Å². The summed E-state index contributed by atoms with van der Waals surface area (Å²) < 4.78 is 30.7. The lowest BCUT2D eigenvalue weighted by Crippen LogP contribution is -1.95. The predicted octanol–water partition coefficient (Wildman–Crippen LogP) is 5.08. The highest BCUT2D eigenvalue weighted by atomic mass is 79.9. The lowest BCUT2D eigenvalue weighted by atomic mass is 10.2. The van der Waals surface area contributed by atoms with Gasteiger partial charge < -0.3 is 9.67 Å². The first-order chi connectivity index (χ1) is 12.3. The van der Waals surface area contributed by atoms with E-state index in [2.05, 4.69) is 32.1 Å². The Labute approximate surface area is 159 Å². The molecule has 0 aliphatic rings. The van der Waals surface area contributed by atoms with E-state index >= 15 is 0 Å². The minimum atomic E-state index is -3.97. The molecule has 0 radical (unpaired) electrons. The van der Waals surface area contributed by atoms with Gasteiger partial charge in [0.1, 0.15) is 0 Å². The number of hydrogen-bond donors (Lipinski definition) is 1. The quantitative estimate of drug-likeness (QED) is 0.449. The number of allylic oxidation sites excluding steroid dienone is 1. The van der Waals surface area contributed by atoms with E-state index in [0.29, 0.717) is 17.4 Å². The number of rotatable bonds is 5. The number of benzene rings is 2. The Hall–Kier alpha value is -2.45. The first-order valence-electron chi connectivity index (χ1n) is 7.70. The summed E-state index contributed by atoms with van der Waals surface area (Å²) in [6.07, 6.45) is 1.63. The molecule has 2 aromatic carbocycles. The lowest BCUT2D eigenvalue weighted by molar-refractivity contribution is 0.431. The summed E-state index contributed by atoms with van der Waals surface area (Å²) in [5, 5.41) is 14.9. The maximum absolute atomic E-state index is 12.4. The number of hydrogen-bond acceptors (Lipinski definition) is 4. The number of sulfonamides is 1. The van der Waals surface area contributed by atoms with Crippen LogP contribution in [0.5, 0.6) is 5.88 Å². The monoisotopic (exact) mass is 433 g/mol. The molecule has 1 N–H and O–H groups in total. The molecule has 0 saturated carbocycles. The maximum Gasteiger partial charge on any atom is 0.299 e. The SMILES string of the molecule is C=CCn1c(O)c(N=NS(=O)(=O)c2ccc(C)cc2)c2cc(Br)ccc21. The van der Waals surface area contributed by atoms with Gasteiger partial charge in [0.15, 0.2) is 5.69 Å². The number of halogens is 1. The van der Waals surface area contributed by atoms with E-state index < -0.39 is 10.0 Å². The van der Waals surface area contributed by atoms with Gasteiger partial charge in [-0.2, -0.15) is 8.42 Å². The Morgan fingerprint density at radius 2 is 1.92 bits per heavy atom. The fourth-order valence-corrected chi connectivity index (χ4v) is 3.68. The second kappa shape index (κ2) is 7.05. The largest absolute Gasteiger partial charge is 0.493 e. The van der Waals surface area contributed by atoms with Crippen molar-refractivity contribution in [1.29, 1.82) is 0 Å². The van der Waals surface area contributed by atoms with Crippen LogP contribution in [0.3, 0.4) is 0 Å².